The van der Waals surface area contributed by atoms with E-state index in [1.54, 1.807) is 37.3 Å². The zero-order valence-corrected chi connectivity index (χ0v) is 13.9. The minimum absolute atomic E-state index is 0.205. The van der Waals surface area contributed by atoms with Gasteiger partial charge in [0.25, 0.3) is 0 Å². The Balaban J connectivity index is 1.88. The van der Waals surface area contributed by atoms with E-state index in [4.69, 9.17) is 37.4 Å². The minimum atomic E-state index is -0.282. The number of carbonyl (C=O) groups is 1. The van der Waals surface area contributed by atoms with Gasteiger partial charge in [-0.25, -0.2) is 4.98 Å². The molecule has 0 spiro atoms. The number of rotatable bonds is 7. The van der Waals surface area contributed by atoms with Gasteiger partial charge in [-0.2, -0.15) is 0 Å². The Morgan fingerprint density at radius 1 is 1.17 bits per heavy atom. The van der Waals surface area contributed by atoms with E-state index in [0.29, 0.717) is 28.2 Å². The number of hydrogen-bond donors (Lipinski definition) is 0. The summed E-state index contributed by atoms with van der Waals surface area (Å²) in [5.74, 6) is 1.17. The second-order valence-corrected chi connectivity index (χ2v) is 5.26. The largest absolute Gasteiger partial charge is 0.493 e. The highest BCUT2D eigenvalue weighted by Crippen LogP contribution is 2.29. The van der Waals surface area contributed by atoms with Crippen LogP contribution in [0.3, 0.4) is 0 Å². The molecule has 2 rings (SSSR count). The molecule has 0 aliphatic heterocycles. The van der Waals surface area contributed by atoms with Gasteiger partial charge in [-0.1, -0.05) is 23.2 Å². The summed E-state index contributed by atoms with van der Waals surface area (Å²) in [7, 11) is 0. The summed E-state index contributed by atoms with van der Waals surface area (Å²) in [5, 5.41) is 0.764. The van der Waals surface area contributed by atoms with Crippen molar-refractivity contribution < 1.29 is 19.0 Å². The molecule has 23 heavy (non-hydrogen) atoms. The molecule has 2 aromatic rings. The number of halogens is 2. The average molecular weight is 356 g/mol. The van der Waals surface area contributed by atoms with Crippen molar-refractivity contribution in [1.29, 1.82) is 0 Å². The van der Waals surface area contributed by atoms with Crippen LogP contribution in [0.1, 0.15) is 13.3 Å². The Morgan fingerprint density at radius 3 is 2.52 bits per heavy atom. The molecule has 0 aliphatic rings. The number of esters is 1. The first-order chi connectivity index (χ1) is 11.1. The van der Waals surface area contributed by atoms with Crippen molar-refractivity contribution in [3.8, 4) is 17.4 Å². The van der Waals surface area contributed by atoms with Gasteiger partial charge in [-0.3, -0.25) is 4.79 Å². The number of benzene rings is 1. The molecule has 122 valence electrons. The lowest BCUT2D eigenvalue weighted by Crippen LogP contribution is -2.09. The molecule has 0 N–H and O–H groups in total. The number of ether oxygens (including phenoxy) is 3. The molecule has 0 bridgehead atoms. The molecule has 5 nitrogen and oxygen atoms in total. The molecule has 0 atom stereocenters. The van der Waals surface area contributed by atoms with Gasteiger partial charge in [0, 0.05) is 6.20 Å². The zero-order chi connectivity index (χ0) is 16.7. The lowest BCUT2D eigenvalue weighted by Gasteiger charge is -2.09. The third-order valence-electron chi connectivity index (χ3n) is 2.69. The van der Waals surface area contributed by atoms with Crippen molar-refractivity contribution in [2.75, 3.05) is 13.2 Å². The molecule has 0 amide bonds. The summed E-state index contributed by atoms with van der Waals surface area (Å²) in [6.45, 7) is 2.38. The van der Waals surface area contributed by atoms with Crippen LogP contribution in [0, 0.1) is 0 Å². The van der Waals surface area contributed by atoms with Crippen LogP contribution in [0.15, 0.2) is 36.5 Å². The molecule has 0 saturated carbocycles. The van der Waals surface area contributed by atoms with Crippen molar-refractivity contribution in [3.63, 3.8) is 0 Å². The van der Waals surface area contributed by atoms with E-state index in [2.05, 4.69) is 4.98 Å². The van der Waals surface area contributed by atoms with Gasteiger partial charge >= 0.3 is 5.97 Å². The van der Waals surface area contributed by atoms with Gasteiger partial charge in [0.1, 0.15) is 16.5 Å². The summed E-state index contributed by atoms with van der Waals surface area (Å²) < 4.78 is 15.8. The smallest absolute Gasteiger partial charge is 0.309 e. The van der Waals surface area contributed by atoms with Crippen molar-refractivity contribution in [2.45, 2.75) is 13.3 Å². The topological polar surface area (TPSA) is 57.7 Å². The first kappa shape index (κ1) is 17.4. The zero-order valence-electron chi connectivity index (χ0n) is 12.4. The first-order valence-corrected chi connectivity index (χ1v) is 7.71. The third kappa shape index (κ3) is 5.62. The Morgan fingerprint density at radius 2 is 1.87 bits per heavy atom. The molecule has 0 saturated heterocycles. The van der Waals surface area contributed by atoms with E-state index in [1.165, 1.54) is 6.20 Å². The number of carbonyl (C=O) groups excluding carboxylic acids is 1. The third-order valence-corrected chi connectivity index (χ3v) is 3.17. The summed E-state index contributed by atoms with van der Waals surface area (Å²) in [6.07, 6.45) is 1.66. The van der Waals surface area contributed by atoms with Crippen LogP contribution in [0.4, 0.5) is 0 Å². The van der Waals surface area contributed by atoms with Gasteiger partial charge in [-0.05, 0) is 37.3 Å². The van der Waals surface area contributed by atoms with Crippen molar-refractivity contribution >= 4 is 29.2 Å². The quantitative estimate of drug-likeness (QED) is 0.683. The molecule has 7 heteroatoms. The second kappa shape index (κ2) is 8.60. The Kier molecular flexibility index (Phi) is 6.50. The fraction of sp³-hybridized carbons (Fsp3) is 0.250. The van der Waals surface area contributed by atoms with E-state index < -0.39 is 0 Å². The van der Waals surface area contributed by atoms with Gasteiger partial charge in [-0.15, -0.1) is 0 Å². The van der Waals surface area contributed by atoms with Crippen LogP contribution in [0.5, 0.6) is 17.4 Å². The summed E-state index contributed by atoms with van der Waals surface area (Å²) in [6, 6.07) is 8.44. The molecule has 0 unspecified atom stereocenters. The molecule has 1 heterocycles. The number of aromatic nitrogens is 1. The monoisotopic (exact) mass is 355 g/mol. The van der Waals surface area contributed by atoms with Crippen molar-refractivity contribution in [3.05, 3.63) is 46.6 Å². The fourth-order valence-corrected chi connectivity index (χ4v) is 2.10. The van der Waals surface area contributed by atoms with Crippen LogP contribution in [0.2, 0.25) is 10.0 Å². The number of hydrogen-bond acceptors (Lipinski definition) is 5. The fourth-order valence-electron chi connectivity index (χ4n) is 1.68. The maximum absolute atomic E-state index is 11.2. The standard InChI is InChI=1S/C16H15Cl2NO4/c1-2-21-15(20)7-8-22-12-3-5-13(6-4-12)23-16-14(18)9-11(17)10-19-16/h3-6,9-10H,2,7-8H2,1H3. The van der Waals surface area contributed by atoms with E-state index in [-0.39, 0.29) is 24.9 Å². The first-order valence-electron chi connectivity index (χ1n) is 6.96. The van der Waals surface area contributed by atoms with Gasteiger partial charge in [0.15, 0.2) is 0 Å². The van der Waals surface area contributed by atoms with Gasteiger partial charge < -0.3 is 14.2 Å². The Bertz CT molecular complexity index is 662. The Labute approximate surface area is 144 Å². The van der Waals surface area contributed by atoms with Crippen LogP contribution in [-0.4, -0.2) is 24.2 Å². The highest BCUT2D eigenvalue weighted by molar-refractivity contribution is 6.35. The molecular weight excluding hydrogens is 341 g/mol. The molecule has 0 fully saturated rings. The van der Waals surface area contributed by atoms with Crippen LogP contribution in [-0.2, 0) is 9.53 Å². The predicted molar refractivity (Wildman–Crippen MR) is 87.5 cm³/mol. The van der Waals surface area contributed by atoms with Gasteiger partial charge in [0.2, 0.25) is 5.88 Å². The summed E-state index contributed by atoms with van der Waals surface area (Å²) >= 11 is 11.8. The number of nitrogens with zero attached hydrogens (tertiary/aromatic N) is 1. The van der Waals surface area contributed by atoms with Crippen LogP contribution >= 0.6 is 23.2 Å². The molecule has 1 aromatic carbocycles. The van der Waals surface area contributed by atoms with Crippen LogP contribution < -0.4 is 9.47 Å². The van der Waals surface area contributed by atoms with Crippen LogP contribution in [0.25, 0.3) is 0 Å². The molecule has 0 radical (unpaired) electrons. The highest BCUT2D eigenvalue weighted by Gasteiger charge is 2.06. The molecular formula is C16H15Cl2NO4. The highest BCUT2D eigenvalue weighted by atomic mass is 35.5. The Hall–Kier alpha value is -1.98. The SMILES string of the molecule is CCOC(=O)CCOc1ccc(Oc2ncc(Cl)cc2Cl)cc1. The lowest BCUT2D eigenvalue weighted by atomic mass is 10.3. The van der Waals surface area contributed by atoms with Crippen molar-refractivity contribution in [2.24, 2.45) is 0 Å². The van der Waals surface area contributed by atoms with Crippen molar-refractivity contribution in [1.82, 2.24) is 4.98 Å². The maximum atomic E-state index is 11.2. The van der Waals surface area contributed by atoms with E-state index in [1.807, 2.05) is 0 Å². The van der Waals surface area contributed by atoms with E-state index in [9.17, 15) is 4.79 Å². The normalized spacial score (nSPS) is 10.2. The minimum Gasteiger partial charge on any atom is -0.493 e. The number of pyridine rings is 1. The van der Waals surface area contributed by atoms with E-state index >= 15 is 0 Å². The molecule has 0 aliphatic carbocycles. The summed E-state index contributed by atoms with van der Waals surface area (Å²) in [5.41, 5.74) is 0. The van der Waals surface area contributed by atoms with E-state index in [0.717, 1.165) is 0 Å². The van der Waals surface area contributed by atoms with Gasteiger partial charge in [0.05, 0.1) is 24.7 Å². The second-order valence-electron chi connectivity index (χ2n) is 4.42. The summed E-state index contributed by atoms with van der Waals surface area (Å²) in [4.78, 5) is 15.2. The maximum Gasteiger partial charge on any atom is 0.309 e. The predicted octanol–water partition coefficient (Wildman–Crippen LogP) is 4.51. The lowest BCUT2D eigenvalue weighted by molar-refractivity contribution is -0.143. The average Bonchev–Trinajstić information content (AvgIpc) is 2.52. The molecule has 1 aromatic heterocycles.